The molecule has 0 radical (unpaired) electrons. The Morgan fingerprint density at radius 3 is 2.76 bits per heavy atom. The number of nitrogens with zero attached hydrogens (tertiary/aromatic N) is 1. The van der Waals surface area contributed by atoms with Gasteiger partial charge in [-0.25, -0.2) is 0 Å². The molecule has 1 amide bonds. The third kappa shape index (κ3) is 3.75. The highest BCUT2D eigenvalue weighted by Crippen LogP contribution is 2.20. The maximum Gasteiger partial charge on any atom is 0.261 e. The van der Waals surface area contributed by atoms with E-state index in [1.165, 1.54) is 0 Å². The number of nitrogens with one attached hydrogen (secondary N) is 1. The number of aromatic nitrogens is 1. The standard InChI is InChI=1S/C19H25N3O3/c1-13-15-5-2-3-6-16(15)21-18(23)17(13)19(24)22-10-7-14(8-11-22)25-12-4-9-20/h2-3,5-6,14H,4,7-12,20H2,1H3,(H,21,23). The van der Waals surface area contributed by atoms with Crippen LogP contribution in [0.5, 0.6) is 0 Å². The van der Waals surface area contributed by atoms with Crippen LogP contribution in [-0.2, 0) is 4.74 Å². The second-order valence-electron chi connectivity index (χ2n) is 6.50. The lowest BCUT2D eigenvalue weighted by Crippen LogP contribution is -2.43. The molecule has 6 nitrogen and oxygen atoms in total. The highest BCUT2D eigenvalue weighted by molar-refractivity contribution is 5.99. The molecule has 25 heavy (non-hydrogen) atoms. The minimum absolute atomic E-state index is 0.173. The maximum atomic E-state index is 12.9. The zero-order chi connectivity index (χ0) is 17.8. The summed E-state index contributed by atoms with van der Waals surface area (Å²) in [5.41, 5.74) is 6.91. The zero-order valence-corrected chi connectivity index (χ0v) is 14.6. The Balaban J connectivity index is 1.74. The van der Waals surface area contributed by atoms with Gasteiger partial charge in [0, 0.05) is 30.6 Å². The van der Waals surface area contributed by atoms with E-state index in [4.69, 9.17) is 10.5 Å². The molecule has 0 spiro atoms. The average Bonchev–Trinajstić information content (AvgIpc) is 2.62. The number of pyridine rings is 1. The fourth-order valence-corrected chi connectivity index (χ4v) is 3.38. The van der Waals surface area contributed by atoms with E-state index < -0.39 is 0 Å². The van der Waals surface area contributed by atoms with Crippen molar-refractivity contribution in [1.29, 1.82) is 0 Å². The number of likely N-dealkylation sites (tertiary alicyclic amines) is 1. The number of ether oxygens (including phenoxy) is 1. The minimum Gasteiger partial charge on any atom is -0.378 e. The van der Waals surface area contributed by atoms with Crippen molar-refractivity contribution in [2.24, 2.45) is 5.73 Å². The van der Waals surface area contributed by atoms with Crippen molar-refractivity contribution in [2.75, 3.05) is 26.2 Å². The van der Waals surface area contributed by atoms with E-state index >= 15 is 0 Å². The van der Waals surface area contributed by atoms with Crippen LogP contribution in [0.3, 0.4) is 0 Å². The quantitative estimate of drug-likeness (QED) is 0.811. The lowest BCUT2D eigenvalue weighted by Gasteiger charge is -2.32. The number of nitrogens with two attached hydrogens (primary N) is 1. The third-order valence-corrected chi connectivity index (χ3v) is 4.83. The molecule has 1 saturated heterocycles. The average molecular weight is 343 g/mol. The number of carbonyl (C=O) groups excluding carboxylic acids is 1. The first-order chi connectivity index (χ1) is 12.1. The Morgan fingerprint density at radius 2 is 2.04 bits per heavy atom. The van der Waals surface area contributed by atoms with Crippen molar-refractivity contribution < 1.29 is 9.53 Å². The predicted molar refractivity (Wildman–Crippen MR) is 97.9 cm³/mol. The lowest BCUT2D eigenvalue weighted by molar-refractivity contribution is 0.00839. The van der Waals surface area contributed by atoms with Gasteiger partial charge in [-0.3, -0.25) is 9.59 Å². The highest BCUT2D eigenvalue weighted by Gasteiger charge is 2.27. The van der Waals surface area contributed by atoms with Crippen LogP contribution < -0.4 is 11.3 Å². The monoisotopic (exact) mass is 343 g/mol. The number of aromatic amines is 1. The van der Waals surface area contributed by atoms with Crippen LogP contribution in [0.1, 0.15) is 35.2 Å². The van der Waals surface area contributed by atoms with E-state index in [2.05, 4.69) is 4.98 Å². The summed E-state index contributed by atoms with van der Waals surface area (Å²) in [6.45, 7) is 4.35. The molecule has 0 saturated carbocycles. The van der Waals surface area contributed by atoms with Crippen LogP contribution in [0.25, 0.3) is 10.9 Å². The fourth-order valence-electron chi connectivity index (χ4n) is 3.38. The summed E-state index contributed by atoms with van der Waals surface area (Å²) >= 11 is 0. The molecule has 1 aliphatic heterocycles. The molecule has 2 heterocycles. The number of benzene rings is 1. The van der Waals surface area contributed by atoms with Crippen molar-refractivity contribution in [3.05, 3.63) is 45.7 Å². The molecular weight excluding hydrogens is 318 g/mol. The minimum atomic E-state index is -0.317. The van der Waals surface area contributed by atoms with Crippen LogP contribution >= 0.6 is 0 Å². The Bertz CT molecular complexity index is 807. The summed E-state index contributed by atoms with van der Waals surface area (Å²) in [4.78, 5) is 29.9. The number of amides is 1. The molecule has 1 fully saturated rings. The van der Waals surface area contributed by atoms with Gasteiger partial charge in [0.25, 0.3) is 11.5 Å². The van der Waals surface area contributed by atoms with Crippen LogP contribution in [0.15, 0.2) is 29.1 Å². The summed E-state index contributed by atoms with van der Waals surface area (Å²) in [5.74, 6) is -0.190. The number of fused-ring (bicyclic) bond motifs is 1. The second-order valence-corrected chi connectivity index (χ2v) is 6.50. The number of para-hydroxylation sites is 1. The van der Waals surface area contributed by atoms with Gasteiger partial charge in [0.15, 0.2) is 0 Å². The van der Waals surface area contributed by atoms with Gasteiger partial charge in [-0.2, -0.15) is 0 Å². The van der Waals surface area contributed by atoms with Gasteiger partial charge in [0.05, 0.1) is 6.10 Å². The van der Waals surface area contributed by atoms with Crippen LogP contribution in [-0.4, -0.2) is 48.1 Å². The molecule has 6 heteroatoms. The number of aryl methyl sites for hydroxylation is 1. The maximum absolute atomic E-state index is 12.9. The first-order valence-corrected chi connectivity index (χ1v) is 8.84. The normalized spacial score (nSPS) is 15.7. The molecule has 1 aliphatic rings. The van der Waals surface area contributed by atoms with Crippen molar-refractivity contribution >= 4 is 16.8 Å². The Hall–Kier alpha value is -2.18. The Kier molecular flexibility index (Phi) is 5.50. The van der Waals surface area contributed by atoms with Gasteiger partial charge in [-0.1, -0.05) is 18.2 Å². The molecule has 0 atom stereocenters. The highest BCUT2D eigenvalue weighted by atomic mass is 16.5. The summed E-state index contributed by atoms with van der Waals surface area (Å²) in [6.07, 6.45) is 2.61. The van der Waals surface area contributed by atoms with Crippen molar-refractivity contribution in [1.82, 2.24) is 9.88 Å². The zero-order valence-electron chi connectivity index (χ0n) is 14.6. The summed E-state index contributed by atoms with van der Waals surface area (Å²) in [6, 6.07) is 7.55. The number of hydrogen-bond donors (Lipinski definition) is 2. The molecule has 1 aromatic heterocycles. The smallest absolute Gasteiger partial charge is 0.261 e. The van der Waals surface area contributed by atoms with Gasteiger partial charge < -0.3 is 20.4 Å². The molecule has 1 aromatic carbocycles. The molecule has 134 valence electrons. The SMILES string of the molecule is Cc1c(C(=O)N2CCC(OCCCN)CC2)c(=O)[nH]c2ccccc12. The fraction of sp³-hybridized carbons (Fsp3) is 0.474. The number of H-pyrrole nitrogens is 1. The predicted octanol–water partition coefficient (Wildman–Crippen LogP) is 1.81. The Morgan fingerprint density at radius 1 is 1.32 bits per heavy atom. The number of rotatable bonds is 5. The molecule has 0 bridgehead atoms. The lowest BCUT2D eigenvalue weighted by atomic mass is 10.0. The van der Waals surface area contributed by atoms with Gasteiger partial charge >= 0.3 is 0 Å². The number of piperidine rings is 1. The summed E-state index contributed by atoms with van der Waals surface area (Å²) in [5, 5.41) is 0.908. The van der Waals surface area contributed by atoms with E-state index in [1.807, 2.05) is 31.2 Å². The summed E-state index contributed by atoms with van der Waals surface area (Å²) < 4.78 is 5.78. The van der Waals surface area contributed by atoms with Crippen molar-refractivity contribution in [3.63, 3.8) is 0 Å². The van der Waals surface area contributed by atoms with Crippen molar-refractivity contribution in [2.45, 2.75) is 32.3 Å². The molecule has 0 aliphatic carbocycles. The van der Waals surface area contributed by atoms with E-state index in [9.17, 15) is 9.59 Å². The largest absolute Gasteiger partial charge is 0.378 e. The van der Waals surface area contributed by atoms with E-state index in [1.54, 1.807) is 4.90 Å². The van der Waals surface area contributed by atoms with Crippen LogP contribution in [0.2, 0.25) is 0 Å². The number of carbonyl (C=O) groups is 1. The molecular formula is C19H25N3O3. The molecule has 3 N–H and O–H groups in total. The van der Waals surface area contributed by atoms with Gasteiger partial charge in [0.1, 0.15) is 5.56 Å². The van der Waals surface area contributed by atoms with Crippen LogP contribution in [0, 0.1) is 6.92 Å². The Labute approximate surface area is 147 Å². The van der Waals surface area contributed by atoms with Gasteiger partial charge in [0.2, 0.25) is 0 Å². The summed E-state index contributed by atoms with van der Waals surface area (Å²) in [7, 11) is 0. The van der Waals surface area contributed by atoms with E-state index in [0.29, 0.717) is 26.2 Å². The first kappa shape index (κ1) is 17.6. The van der Waals surface area contributed by atoms with E-state index in [-0.39, 0.29) is 23.1 Å². The molecule has 0 unspecified atom stereocenters. The second kappa shape index (κ2) is 7.80. The van der Waals surface area contributed by atoms with Gasteiger partial charge in [-0.15, -0.1) is 0 Å². The van der Waals surface area contributed by atoms with E-state index in [0.717, 1.165) is 35.7 Å². The van der Waals surface area contributed by atoms with Crippen LogP contribution in [0.4, 0.5) is 0 Å². The first-order valence-electron chi connectivity index (χ1n) is 8.84. The van der Waals surface area contributed by atoms with Gasteiger partial charge in [-0.05, 0) is 44.4 Å². The molecule has 3 rings (SSSR count). The number of hydrogen-bond acceptors (Lipinski definition) is 4. The molecule has 2 aromatic rings. The topological polar surface area (TPSA) is 88.4 Å². The third-order valence-electron chi connectivity index (χ3n) is 4.83. The van der Waals surface area contributed by atoms with Crippen molar-refractivity contribution in [3.8, 4) is 0 Å².